The summed E-state index contributed by atoms with van der Waals surface area (Å²) in [4.78, 5) is 17.3. The molecule has 2 aromatic heterocycles. The molecule has 1 fully saturated rings. The van der Waals surface area contributed by atoms with Crippen molar-refractivity contribution in [2.75, 3.05) is 30.5 Å². The second-order valence-electron chi connectivity index (χ2n) is 5.96. The summed E-state index contributed by atoms with van der Waals surface area (Å²) in [6.07, 6.45) is 1.79. The normalized spacial score (nSPS) is 18.5. The lowest BCUT2D eigenvalue weighted by molar-refractivity contribution is 0.0692. The number of anilines is 1. The van der Waals surface area contributed by atoms with Gasteiger partial charge in [-0.05, 0) is 18.6 Å². The Bertz CT molecular complexity index is 1090. The van der Waals surface area contributed by atoms with Gasteiger partial charge in [0.15, 0.2) is 11.3 Å². The van der Waals surface area contributed by atoms with E-state index in [2.05, 4.69) is 10.1 Å². The van der Waals surface area contributed by atoms with Crippen LogP contribution in [0.3, 0.4) is 0 Å². The molecule has 0 aliphatic carbocycles. The summed E-state index contributed by atoms with van der Waals surface area (Å²) < 4.78 is 51.8. The van der Waals surface area contributed by atoms with Gasteiger partial charge in [-0.2, -0.15) is 8.42 Å². The van der Waals surface area contributed by atoms with E-state index in [0.29, 0.717) is 22.9 Å². The van der Waals surface area contributed by atoms with Gasteiger partial charge in [0.2, 0.25) is 0 Å². The van der Waals surface area contributed by atoms with E-state index in [9.17, 15) is 26.7 Å². The van der Waals surface area contributed by atoms with Crippen molar-refractivity contribution >= 4 is 43.0 Å². The second kappa shape index (κ2) is 6.17. The zero-order valence-corrected chi connectivity index (χ0v) is 15.5. The van der Waals surface area contributed by atoms with Gasteiger partial charge in [-0.15, -0.1) is 9.19 Å². The van der Waals surface area contributed by atoms with E-state index in [1.807, 2.05) is 0 Å². The van der Waals surface area contributed by atoms with Crippen LogP contribution in [0.25, 0.3) is 11.0 Å². The zero-order chi connectivity index (χ0) is 19.3. The molecule has 1 N–H and O–H groups in total. The Hall–Kier alpha value is -2.25. The monoisotopic (exact) mass is 404 g/mol. The average Bonchev–Trinajstić information content (AvgIpc) is 3.08. The van der Waals surface area contributed by atoms with Gasteiger partial charge >= 0.3 is 5.97 Å². The van der Waals surface area contributed by atoms with Crippen molar-refractivity contribution in [1.29, 1.82) is 0 Å². The Labute approximate surface area is 149 Å². The standard InChI is InChI=1S/C13H16N4O7S2/c1-25(20,21)17-12-9(11(15-17)13(18)19)3-4-10(14-12)16-6-5-8(7-16)24-26(2,22)23/h3-4,8H,5-7H2,1-2H3,(H,18,19). The van der Waals surface area contributed by atoms with Gasteiger partial charge in [0.05, 0.1) is 24.0 Å². The molecule has 0 spiro atoms. The molecular weight excluding hydrogens is 388 g/mol. The van der Waals surface area contributed by atoms with Crippen molar-refractivity contribution in [2.24, 2.45) is 0 Å². The number of pyridine rings is 1. The van der Waals surface area contributed by atoms with E-state index in [1.54, 1.807) is 4.90 Å². The minimum Gasteiger partial charge on any atom is -0.476 e. The van der Waals surface area contributed by atoms with Gasteiger partial charge in [-0.25, -0.2) is 18.2 Å². The number of hydrogen-bond donors (Lipinski definition) is 1. The molecule has 11 nitrogen and oxygen atoms in total. The lowest BCUT2D eigenvalue weighted by Crippen LogP contribution is -2.25. The molecule has 1 atom stereocenters. The first-order valence-electron chi connectivity index (χ1n) is 7.42. The number of carboxylic acid groups (broad SMARTS) is 1. The molecule has 0 saturated carbocycles. The van der Waals surface area contributed by atoms with Crippen LogP contribution in [0, 0.1) is 0 Å². The van der Waals surface area contributed by atoms with Crippen LogP contribution in [0.15, 0.2) is 12.1 Å². The molecule has 26 heavy (non-hydrogen) atoms. The molecule has 0 bridgehead atoms. The van der Waals surface area contributed by atoms with Crippen molar-refractivity contribution in [2.45, 2.75) is 12.5 Å². The molecule has 0 amide bonds. The molecule has 13 heteroatoms. The van der Waals surface area contributed by atoms with Gasteiger partial charge in [0.25, 0.3) is 20.1 Å². The molecule has 1 saturated heterocycles. The first-order chi connectivity index (χ1) is 12.0. The quantitative estimate of drug-likeness (QED) is 0.646. The molecule has 1 aliphatic heterocycles. The maximum atomic E-state index is 11.9. The highest BCUT2D eigenvalue weighted by Gasteiger charge is 2.29. The van der Waals surface area contributed by atoms with Crippen molar-refractivity contribution in [3.05, 3.63) is 17.8 Å². The molecule has 0 aromatic carbocycles. The second-order valence-corrected chi connectivity index (χ2v) is 9.37. The minimum absolute atomic E-state index is 0.0924. The predicted molar refractivity (Wildman–Crippen MR) is 91.3 cm³/mol. The number of fused-ring (bicyclic) bond motifs is 1. The number of aromatic nitrogens is 3. The van der Waals surface area contributed by atoms with Crippen LogP contribution in [0.1, 0.15) is 16.9 Å². The Morgan fingerprint density at radius 2 is 1.96 bits per heavy atom. The van der Waals surface area contributed by atoms with E-state index in [-0.39, 0.29) is 17.6 Å². The first-order valence-corrected chi connectivity index (χ1v) is 11.1. The van der Waals surface area contributed by atoms with Gasteiger partial charge in [-0.1, -0.05) is 0 Å². The van der Waals surface area contributed by atoms with Crippen LogP contribution >= 0.6 is 0 Å². The van der Waals surface area contributed by atoms with Crippen LogP contribution in [-0.4, -0.2) is 73.8 Å². The highest BCUT2D eigenvalue weighted by molar-refractivity contribution is 7.89. The Kier molecular flexibility index (Phi) is 4.40. The zero-order valence-electron chi connectivity index (χ0n) is 13.9. The summed E-state index contributed by atoms with van der Waals surface area (Å²) in [6.45, 7) is 0.710. The third kappa shape index (κ3) is 3.64. The summed E-state index contributed by atoms with van der Waals surface area (Å²) in [5.74, 6) is -0.992. The predicted octanol–water partition coefficient (Wildman–Crippen LogP) is -0.508. The van der Waals surface area contributed by atoms with Crippen molar-refractivity contribution in [1.82, 2.24) is 14.2 Å². The molecule has 142 valence electrons. The average molecular weight is 404 g/mol. The fourth-order valence-electron chi connectivity index (χ4n) is 2.79. The molecule has 1 unspecified atom stereocenters. The van der Waals surface area contributed by atoms with E-state index < -0.39 is 37.9 Å². The van der Waals surface area contributed by atoms with E-state index >= 15 is 0 Å². The molecule has 0 radical (unpaired) electrons. The van der Waals surface area contributed by atoms with Crippen LogP contribution in [0.5, 0.6) is 0 Å². The smallest absolute Gasteiger partial charge is 0.357 e. The number of carboxylic acids is 1. The third-order valence-corrected chi connectivity index (χ3v) is 5.29. The van der Waals surface area contributed by atoms with Crippen LogP contribution in [0.2, 0.25) is 0 Å². The van der Waals surface area contributed by atoms with Crippen LogP contribution < -0.4 is 4.90 Å². The van der Waals surface area contributed by atoms with Crippen molar-refractivity contribution < 1.29 is 30.9 Å². The number of carbonyl (C=O) groups is 1. The van der Waals surface area contributed by atoms with Gasteiger partial charge < -0.3 is 10.0 Å². The van der Waals surface area contributed by atoms with Gasteiger partial charge in [0, 0.05) is 13.1 Å². The summed E-state index contributed by atoms with van der Waals surface area (Å²) in [5, 5.41) is 12.9. The fourth-order valence-corrected chi connectivity index (χ4v) is 4.12. The van der Waals surface area contributed by atoms with Crippen LogP contribution in [-0.2, 0) is 24.3 Å². The number of aromatic carboxylic acids is 1. The van der Waals surface area contributed by atoms with Crippen LogP contribution in [0.4, 0.5) is 5.82 Å². The van der Waals surface area contributed by atoms with E-state index in [0.717, 1.165) is 12.5 Å². The lowest BCUT2D eigenvalue weighted by atomic mass is 10.2. The topological polar surface area (TPSA) is 149 Å². The summed E-state index contributed by atoms with van der Waals surface area (Å²) in [5.41, 5.74) is -0.515. The number of hydrogen-bond acceptors (Lipinski definition) is 9. The van der Waals surface area contributed by atoms with Crippen molar-refractivity contribution in [3.63, 3.8) is 0 Å². The molecule has 3 heterocycles. The lowest BCUT2D eigenvalue weighted by Gasteiger charge is -2.17. The Balaban J connectivity index is 2.01. The van der Waals surface area contributed by atoms with E-state index in [4.69, 9.17) is 4.18 Å². The summed E-state index contributed by atoms with van der Waals surface area (Å²) in [6, 6.07) is 2.96. The molecule has 1 aliphatic rings. The third-order valence-electron chi connectivity index (χ3n) is 3.78. The SMILES string of the molecule is CS(=O)(=O)OC1CCN(c2ccc3c(C(=O)O)nn(S(C)(=O)=O)c3n2)C1. The highest BCUT2D eigenvalue weighted by atomic mass is 32.2. The molecular formula is C13H16N4O7S2. The molecule has 2 aromatic rings. The maximum Gasteiger partial charge on any atom is 0.357 e. The van der Waals surface area contributed by atoms with Gasteiger partial charge in [0.1, 0.15) is 5.82 Å². The van der Waals surface area contributed by atoms with E-state index in [1.165, 1.54) is 12.1 Å². The largest absolute Gasteiger partial charge is 0.476 e. The number of nitrogens with zero attached hydrogens (tertiary/aromatic N) is 4. The fraction of sp³-hybridized carbons (Fsp3) is 0.462. The highest BCUT2D eigenvalue weighted by Crippen LogP contribution is 2.25. The van der Waals surface area contributed by atoms with Gasteiger partial charge in [-0.3, -0.25) is 4.18 Å². The first kappa shape index (κ1) is 18.5. The number of rotatable bonds is 5. The minimum atomic E-state index is -3.86. The Morgan fingerprint density at radius 1 is 1.27 bits per heavy atom. The Morgan fingerprint density at radius 3 is 2.54 bits per heavy atom. The maximum absolute atomic E-state index is 11.9. The molecule has 3 rings (SSSR count). The summed E-state index contributed by atoms with van der Waals surface area (Å²) in [7, 11) is -7.45. The summed E-state index contributed by atoms with van der Waals surface area (Å²) >= 11 is 0. The van der Waals surface area contributed by atoms with Crippen molar-refractivity contribution in [3.8, 4) is 0 Å².